The van der Waals surface area contributed by atoms with Crippen molar-refractivity contribution in [1.82, 2.24) is 15.1 Å². The highest BCUT2D eigenvalue weighted by Gasteiger charge is 2.20. The molecule has 0 spiro atoms. The molecule has 21 heavy (non-hydrogen) atoms. The van der Waals surface area contributed by atoms with Crippen molar-refractivity contribution in [3.05, 3.63) is 18.0 Å². The molecule has 4 nitrogen and oxygen atoms in total. The minimum atomic E-state index is -0.0731. The van der Waals surface area contributed by atoms with Crippen LogP contribution in [0, 0.1) is 5.92 Å². The lowest BCUT2D eigenvalue weighted by Crippen LogP contribution is -2.29. The van der Waals surface area contributed by atoms with E-state index in [0.29, 0.717) is 12.0 Å². The largest absolute Gasteiger partial charge is 0.393 e. The number of hydrogen-bond acceptors (Lipinski definition) is 3. The number of nitrogens with one attached hydrogen (secondary N) is 1. The summed E-state index contributed by atoms with van der Waals surface area (Å²) in [5.41, 5.74) is 1.15. The Hall–Kier alpha value is -0.870. The second kappa shape index (κ2) is 7.41. The maximum Gasteiger partial charge on any atom is 0.0762 e. The molecule has 0 amide bonds. The van der Waals surface area contributed by atoms with Gasteiger partial charge in [0.1, 0.15) is 0 Å². The van der Waals surface area contributed by atoms with Crippen molar-refractivity contribution < 1.29 is 5.11 Å². The van der Waals surface area contributed by atoms with Crippen LogP contribution in [0.1, 0.15) is 69.5 Å². The Morgan fingerprint density at radius 3 is 2.81 bits per heavy atom. The Bertz CT molecular complexity index is 425. The minimum absolute atomic E-state index is 0.0731. The Balaban J connectivity index is 1.42. The monoisotopic (exact) mass is 291 g/mol. The molecule has 2 aliphatic rings. The topological polar surface area (TPSA) is 50.1 Å². The molecule has 2 fully saturated rings. The summed E-state index contributed by atoms with van der Waals surface area (Å²) in [6.07, 6.45) is 13.1. The summed E-state index contributed by atoms with van der Waals surface area (Å²) in [6.45, 7) is 1.86. The average Bonchev–Trinajstić information content (AvgIpc) is 2.97. The predicted octanol–water partition coefficient (Wildman–Crippen LogP) is 3.03. The van der Waals surface area contributed by atoms with Crippen LogP contribution < -0.4 is 5.32 Å². The number of aliphatic hydroxyl groups is 1. The van der Waals surface area contributed by atoms with E-state index in [1.165, 1.54) is 44.9 Å². The third kappa shape index (κ3) is 4.30. The Morgan fingerprint density at radius 2 is 2.00 bits per heavy atom. The molecule has 1 aromatic rings. The smallest absolute Gasteiger partial charge is 0.0762 e. The normalized spacial score (nSPS) is 27.9. The number of aromatic nitrogens is 2. The maximum absolute atomic E-state index is 9.70. The molecule has 0 aliphatic heterocycles. The Morgan fingerprint density at radius 1 is 1.14 bits per heavy atom. The van der Waals surface area contributed by atoms with Gasteiger partial charge in [0, 0.05) is 12.7 Å². The third-order valence-corrected chi connectivity index (χ3v) is 5.11. The van der Waals surface area contributed by atoms with Crippen LogP contribution in [-0.4, -0.2) is 27.5 Å². The molecule has 2 aliphatic carbocycles. The molecule has 0 saturated heterocycles. The maximum atomic E-state index is 9.70. The fourth-order valence-corrected chi connectivity index (χ4v) is 3.87. The van der Waals surface area contributed by atoms with Gasteiger partial charge in [-0.3, -0.25) is 4.68 Å². The molecule has 0 aromatic carbocycles. The van der Waals surface area contributed by atoms with E-state index in [0.717, 1.165) is 31.6 Å². The molecular formula is C17H29N3O. The fraction of sp³-hybridized carbons (Fsp3) is 0.824. The predicted molar refractivity (Wildman–Crippen MR) is 84.0 cm³/mol. The van der Waals surface area contributed by atoms with Crippen molar-refractivity contribution in [2.75, 3.05) is 6.54 Å². The van der Waals surface area contributed by atoms with Gasteiger partial charge in [0.25, 0.3) is 0 Å². The minimum Gasteiger partial charge on any atom is -0.393 e. The summed E-state index contributed by atoms with van der Waals surface area (Å²) >= 11 is 0. The first-order chi connectivity index (χ1) is 10.3. The van der Waals surface area contributed by atoms with Crippen LogP contribution in [-0.2, 0) is 6.54 Å². The number of nitrogens with zero attached hydrogens (tertiary/aromatic N) is 2. The van der Waals surface area contributed by atoms with Crippen LogP contribution in [0.25, 0.3) is 0 Å². The van der Waals surface area contributed by atoms with E-state index in [9.17, 15) is 5.11 Å². The lowest BCUT2D eigenvalue weighted by Gasteiger charge is -2.25. The van der Waals surface area contributed by atoms with E-state index < -0.39 is 0 Å². The van der Waals surface area contributed by atoms with Gasteiger partial charge in [-0.1, -0.05) is 25.7 Å². The van der Waals surface area contributed by atoms with Crippen molar-refractivity contribution in [3.63, 3.8) is 0 Å². The van der Waals surface area contributed by atoms with Gasteiger partial charge >= 0.3 is 0 Å². The number of hydrogen-bond donors (Lipinski definition) is 2. The van der Waals surface area contributed by atoms with Crippen molar-refractivity contribution in [2.24, 2.45) is 5.92 Å². The van der Waals surface area contributed by atoms with E-state index >= 15 is 0 Å². The zero-order chi connectivity index (χ0) is 14.5. The number of aliphatic hydroxyl groups excluding tert-OH is 1. The lowest BCUT2D eigenvalue weighted by molar-refractivity contribution is 0.100. The van der Waals surface area contributed by atoms with Gasteiger partial charge in [-0.15, -0.1) is 0 Å². The first kappa shape index (κ1) is 15.0. The van der Waals surface area contributed by atoms with Crippen LogP contribution >= 0.6 is 0 Å². The quantitative estimate of drug-likeness (QED) is 0.876. The molecule has 1 aromatic heterocycles. The van der Waals surface area contributed by atoms with E-state index in [-0.39, 0.29) is 6.10 Å². The molecule has 0 radical (unpaired) electrons. The molecular weight excluding hydrogens is 262 g/mol. The highest BCUT2D eigenvalue weighted by atomic mass is 16.3. The van der Waals surface area contributed by atoms with Crippen LogP contribution in [0.2, 0.25) is 0 Å². The van der Waals surface area contributed by atoms with Gasteiger partial charge in [-0.05, 0) is 50.6 Å². The second-order valence-electron chi connectivity index (χ2n) is 6.90. The Kier molecular flexibility index (Phi) is 5.31. The van der Waals surface area contributed by atoms with Crippen LogP contribution in [0.15, 0.2) is 12.3 Å². The SMILES string of the molecule is OC1CCCC(CNCc2ccn(C3CCCCC3)n2)C1. The van der Waals surface area contributed by atoms with Gasteiger partial charge in [0.15, 0.2) is 0 Å². The molecule has 1 heterocycles. The summed E-state index contributed by atoms with van der Waals surface area (Å²) in [7, 11) is 0. The lowest BCUT2D eigenvalue weighted by atomic mass is 9.87. The first-order valence-electron chi connectivity index (χ1n) is 8.74. The van der Waals surface area contributed by atoms with Crippen LogP contribution in [0.3, 0.4) is 0 Å². The third-order valence-electron chi connectivity index (χ3n) is 5.11. The van der Waals surface area contributed by atoms with Gasteiger partial charge in [-0.25, -0.2) is 0 Å². The Labute approximate surface area is 127 Å². The van der Waals surface area contributed by atoms with Gasteiger partial charge in [-0.2, -0.15) is 5.10 Å². The molecule has 2 saturated carbocycles. The van der Waals surface area contributed by atoms with Gasteiger partial charge in [0.2, 0.25) is 0 Å². The van der Waals surface area contributed by atoms with Crippen LogP contribution in [0.4, 0.5) is 0 Å². The van der Waals surface area contributed by atoms with Gasteiger partial charge in [0.05, 0.1) is 17.8 Å². The molecule has 4 heteroatoms. The van der Waals surface area contributed by atoms with E-state index in [1.54, 1.807) is 0 Å². The van der Waals surface area contributed by atoms with Crippen molar-refractivity contribution >= 4 is 0 Å². The fourth-order valence-electron chi connectivity index (χ4n) is 3.87. The highest BCUT2D eigenvalue weighted by molar-refractivity contribution is 4.99. The second-order valence-corrected chi connectivity index (χ2v) is 6.90. The molecule has 2 unspecified atom stereocenters. The van der Waals surface area contributed by atoms with Crippen LogP contribution in [0.5, 0.6) is 0 Å². The summed E-state index contributed by atoms with van der Waals surface area (Å²) in [5.74, 6) is 0.634. The van der Waals surface area contributed by atoms with Crippen molar-refractivity contribution in [3.8, 4) is 0 Å². The van der Waals surface area contributed by atoms with E-state index in [2.05, 4.69) is 22.3 Å². The zero-order valence-electron chi connectivity index (χ0n) is 13.0. The van der Waals surface area contributed by atoms with Gasteiger partial charge < -0.3 is 10.4 Å². The van der Waals surface area contributed by atoms with E-state index in [1.807, 2.05) is 0 Å². The van der Waals surface area contributed by atoms with Crippen molar-refractivity contribution in [2.45, 2.75) is 76.5 Å². The van der Waals surface area contributed by atoms with E-state index in [4.69, 9.17) is 5.10 Å². The molecule has 2 atom stereocenters. The zero-order valence-corrected chi connectivity index (χ0v) is 13.0. The molecule has 0 bridgehead atoms. The highest BCUT2D eigenvalue weighted by Crippen LogP contribution is 2.27. The number of rotatable bonds is 5. The molecule has 118 valence electrons. The summed E-state index contributed by atoms with van der Waals surface area (Å²) in [6, 6.07) is 2.78. The average molecular weight is 291 g/mol. The standard InChI is InChI=1S/C17H29N3O/c21-17-8-4-5-14(11-17)12-18-13-15-9-10-20(19-15)16-6-2-1-3-7-16/h9-10,14,16-18,21H,1-8,11-13H2. The molecule has 2 N–H and O–H groups in total. The first-order valence-corrected chi connectivity index (χ1v) is 8.74. The summed E-state index contributed by atoms with van der Waals surface area (Å²) in [5, 5.41) is 18.0. The summed E-state index contributed by atoms with van der Waals surface area (Å²) < 4.78 is 2.18. The molecule has 3 rings (SSSR count). The summed E-state index contributed by atoms with van der Waals surface area (Å²) in [4.78, 5) is 0. The van der Waals surface area contributed by atoms with Crippen molar-refractivity contribution in [1.29, 1.82) is 0 Å².